The molecule has 10 heteroatoms. The van der Waals surface area contributed by atoms with Crippen molar-refractivity contribution in [3.63, 3.8) is 0 Å². The molecule has 0 aromatic carbocycles. The van der Waals surface area contributed by atoms with Gasteiger partial charge in [0.1, 0.15) is 17.8 Å². The first kappa shape index (κ1) is 49.2. The SMILES string of the molecule is CC(C)(C)OC(=O)C(C)(C)OCC1CCCC(CO[Si](C)(C)C(C)(C)C)C1.CC(C)(C)OC(=O)COCC1CCCC(CO[Si](C)(C)C(C)(C)C)C1. The van der Waals surface area contributed by atoms with Crippen molar-refractivity contribution in [1.82, 2.24) is 0 Å². The zero-order valence-corrected chi connectivity index (χ0v) is 39.3. The topological polar surface area (TPSA) is 89.5 Å². The lowest BCUT2D eigenvalue weighted by molar-refractivity contribution is -0.181. The second kappa shape index (κ2) is 19.9. The van der Waals surface area contributed by atoms with E-state index in [9.17, 15) is 9.59 Å². The van der Waals surface area contributed by atoms with Crippen molar-refractivity contribution in [2.45, 2.75) is 201 Å². The molecule has 0 aromatic rings. The second-order valence-corrected chi connectivity index (χ2v) is 31.0. The molecule has 2 aliphatic carbocycles. The number of rotatable bonds is 14. The molecule has 52 heavy (non-hydrogen) atoms. The van der Waals surface area contributed by atoms with Gasteiger partial charge in [0.15, 0.2) is 22.2 Å². The van der Waals surface area contributed by atoms with Crippen LogP contribution in [-0.4, -0.2) is 78.4 Å². The van der Waals surface area contributed by atoms with Gasteiger partial charge in [-0.05, 0) is 154 Å². The van der Waals surface area contributed by atoms with Crippen LogP contribution in [0.4, 0.5) is 0 Å². The maximum Gasteiger partial charge on any atom is 0.338 e. The van der Waals surface area contributed by atoms with Gasteiger partial charge in [-0.25, -0.2) is 9.59 Å². The van der Waals surface area contributed by atoms with Gasteiger partial charge < -0.3 is 27.8 Å². The molecule has 2 rings (SSSR count). The van der Waals surface area contributed by atoms with Gasteiger partial charge in [-0.2, -0.15) is 0 Å². The molecule has 308 valence electrons. The molecule has 0 saturated heterocycles. The minimum atomic E-state index is -1.69. The minimum Gasteiger partial charge on any atom is -0.458 e. The molecule has 2 fully saturated rings. The van der Waals surface area contributed by atoms with Crippen molar-refractivity contribution in [2.75, 3.05) is 33.0 Å². The number of ether oxygens (including phenoxy) is 4. The normalized spacial score (nSPS) is 22.7. The molecule has 2 aliphatic rings. The van der Waals surface area contributed by atoms with Crippen LogP contribution < -0.4 is 0 Å². The zero-order valence-electron chi connectivity index (χ0n) is 37.3. The van der Waals surface area contributed by atoms with E-state index >= 15 is 0 Å². The summed E-state index contributed by atoms with van der Waals surface area (Å²) in [5.41, 5.74) is -1.84. The van der Waals surface area contributed by atoms with Gasteiger partial charge in [0.25, 0.3) is 0 Å². The first-order valence-electron chi connectivity index (χ1n) is 20.3. The molecule has 8 nitrogen and oxygen atoms in total. The fourth-order valence-electron chi connectivity index (χ4n) is 5.96. The highest BCUT2D eigenvalue weighted by molar-refractivity contribution is 6.74. The first-order chi connectivity index (χ1) is 23.3. The van der Waals surface area contributed by atoms with E-state index in [0.717, 1.165) is 26.1 Å². The van der Waals surface area contributed by atoms with E-state index in [0.29, 0.717) is 36.9 Å². The highest BCUT2D eigenvalue weighted by Gasteiger charge is 2.40. The fraction of sp³-hybridized carbons (Fsp3) is 0.952. The van der Waals surface area contributed by atoms with Gasteiger partial charge in [0.2, 0.25) is 0 Å². The fourth-order valence-corrected chi connectivity index (χ4v) is 8.13. The van der Waals surface area contributed by atoms with Crippen LogP contribution in [0.1, 0.15) is 148 Å². The van der Waals surface area contributed by atoms with Crippen molar-refractivity contribution >= 4 is 28.6 Å². The molecule has 4 unspecified atom stereocenters. The summed E-state index contributed by atoms with van der Waals surface area (Å²) in [5.74, 6) is 1.69. The largest absolute Gasteiger partial charge is 0.458 e. The smallest absolute Gasteiger partial charge is 0.338 e. The van der Waals surface area contributed by atoms with Gasteiger partial charge in [0, 0.05) is 13.2 Å². The quantitative estimate of drug-likeness (QED) is 0.127. The van der Waals surface area contributed by atoms with E-state index < -0.39 is 33.4 Å². The van der Waals surface area contributed by atoms with Crippen LogP contribution in [0.25, 0.3) is 0 Å². The van der Waals surface area contributed by atoms with Crippen molar-refractivity contribution < 1.29 is 37.4 Å². The average molecular weight is 773 g/mol. The summed E-state index contributed by atoms with van der Waals surface area (Å²) in [7, 11) is -3.36. The maximum atomic E-state index is 12.4. The van der Waals surface area contributed by atoms with Crippen LogP contribution >= 0.6 is 0 Å². The Morgan fingerprint density at radius 2 is 0.904 bits per heavy atom. The van der Waals surface area contributed by atoms with E-state index in [-0.39, 0.29) is 28.6 Å². The Morgan fingerprint density at radius 1 is 0.538 bits per heavy atom. The summed E-state index contributed by atoms with van der Waals surface area (Å²) in [4.78, 5) is 24.1. The van der Waals surface area contributed by atoms with Crippen LogP contribution in [0.15, 0.2) is 0 Å². The van der Waals surface area contributed by atoms with E-state index in [4.69, 9.17) is 27.8 Å². The van der Waals surface area contributed by atoms with Crippen LogP contribution in [0.5, 0.6) is 0 Å². The average Bonchev–Trinajstić information content (AvgIpc) is 2.96. The summed E-state index contributed by atoms with van der Waals surface area (Å²) in [6.45, 7) is 40.9. The van der Waals surface area contributed by atoms with Gasteiger partial charge in [-0.15, -0.1) is 0 Å². The molecule has 0 heterocycles. The summed E-state index contributed by atoms with van der Waals surface area (Å²) in [5, 5.41) is 0.513. The van der Waals surface area contributed by atoms with Crippen LogP contribution in [-0.2, 0) is 37.4 Å². The predicted octanol–water partition coefficient (Wildman–Crippen LogP) is 11.1. The number of carbonyl (C=O) groups is 2. The predicted molar refractivity (Wildman–Crippen MR) is 220 cm³/mol. The van der Waals surface area contributed by atoms with Crippen LogP contribution in [0.2, 0.25) is 36.3 Å². The van der Waals surface area contributed by atoms with E-state index in [1.165, 1.54) is 38.5 Å². The Bertz CT molecular complexity index is 1080. The highest BCUT2D eigenvalue weighted by atomic mass is 28.4. The molecule has 0 N–H and O–H groups in total. The third-order valence-electron chi connectivity index (χ3n) is 11.3. The van der Waals surface area contributed by atoms with E-state index in [2.05, 4.69) is 67.7 Å². The highest BCUT2D eigenvalue weighted by Crippen LogP contribution is 2.40. The standard InChI is InChI=1S/C22H44O4Si.C20H40O4Si/c1-20(2,3)26-19(23)22(7,8)24-15-17-12-11-13-18(14-17)16-25-27(9,10)21(4,5)6;1-19(2,3)24-18(21)15-22-13-16-10-9-11-17(12-16)14-23-25(7,8)20(4,5)6/h17-18H,11-16H2,1-10H3;16-17H,9-15H2,1-8H3. The van der Waals surface area contributed by atoms with Crippen LogP contribution in [0.3, 0.4) is 0 Å². The van der Waals surface area contributed by atoms with Gasteiger partial charge in [-0.3, -0.25) is 0 Å². The number of hydrogen-bond acceptors (Lipinski definition) is 8. The van der Waals surface area contributed by atoms with E-state index in [1.54, 1.807) is 0 Å². The summed E-state index contributed by atoms with van der Waals surface area (Å²) < 4.78 is 35.3. The lowest BCUT2D eigenvalue weighted by Crippen LogP contribution is -2.43. The third-order valence-corrected chi connectivity index (χ3v) is 20.3. The van der Waals surface area contributed by atoms with Crippen molar-refractivity contribution in [1.29, 1.82) is 0 Å². The molecule has 0 bridgehead atoms. The van der Waals surface area contributed by atoms with Crippen molar-refractivity contribution in [3.8, 4) is 0 Å². The van der Waals surface area contributed by atoms with E-state index in [1.807, 2.05) is 55.4 Å². The van der Waals surface area contributed by atoms with Gasteiger partial charge in [-0.1, -0.05) is 54.4 Å². The molecule has 2 saturated carbocycles. The third kappa shape index (κ3) is 19.2. The van der Waals surface area contributed by atoms with Crippen LogP contribution in [0, 0.1) is 23.7 Å². The molecule has 0 amide bonds. The Hall–Kier alpha value is -0.786. The molecule has 0 spiro atoms. The minimum absolute atomic E-state index is 0.0545. The summed E-state index contributed by atoms with van der Waals surface area (Å²) in [6.07, 6.45) is 9.55. The Morgan fingerprint density at radius 3 is 1.27 bits per heavy atom. The molecular formula is C42H84O8Si2. The lowest BCUT2D eigenvalue weighted by Gasteiger charge is -2.39. The van der Waals surface area contributed by atoms with Gasteiger partial charge in [0.05, 0.1) is 13.2 Å². The lowest BCUT2D eigenvalue weighted by atomic mass is 9.82. The maximum absolute atomic E-state index is 12.4. The molecule has 4 atom stereocenters. The monoisotopic (exact) mass is 773 g/mol. The second-order valence-electron chi connectivity index (χ2n) is 21.4. The first-order valence-corrected chi connectivity index (χ1v) is 26.1. The molecule has 0 radical (unpaired) electrons. The Balaban J connectivity index is 0.000000522. The molecular weight excluding hydrogens is 689 g/mol. The van der Waals surface area contributed by atoms with Crippen molar-refractivity contribution in [3.05, 3.63) is 0 Å². The number of hydrogen-bond donors (Lipinski definition) is 0. The Labute approximate surface area is 323 Å². The number of esters is 2. The number of carbonyl (C=O) groups excluding carboxylic acids is 2. The van der Waals surface area contributed by atoms with Crippen molar-refractivity contribution in [2.24, 2.45) is 23.7 Å². The van der Waals surface area contributed by atoms with Gasteiger partial charge >= 0.3 is 11.9 Å². The zero-order chi connectivity index (χ0) is 40.4. The Kier molecular flexibility index (Phi) is 18.8. The molecule has 0 aromatic heterocycles. The molecule has 0 aliphatic heterocycles. The summed E-state index contributed by atoms with van der Waals surface area (Å²) in [6, 6.07) is 0. The summed E-state index contributed by atoms with van der Waals surface area (Å²) >= 11 is 0.